The first-order valence-electron chi connectivity index (χ1n) is 8.87. The molecule has 0 radical (unpaired) electrons. The lowest BCUT2D eigenvalue weighted by Crippen LogP contribution is -2.36. The number of likely N-dealkylation sites (N-methyl/N-ethyl adjacent to an activating group) is 1. The van der Waals surface area contributed by atoms with Crippen LogP contribution in [0.25, 0.3) is 10.2 Å². The number of aryl methyl sites for hydroxylation is 2. The van der Waals surface area contributed by atoms with E-state index in [9.17, 15) is 4.79 Å². The number of amides is 1. The van der Waals surface area contributed by atoms with E-state index in [2.05, 4.69) is 30.9 Å². The van der Waals surface area contributed by atoms with E-state index in [0.29, 0.717) is 12.1 Å². The first kappa shape index (κ1) is 22.1. The molecule has 2 aromatic carbocycles. The molecule has 0 aliphatic heterocycles. The minimum Gasteiger partial charge on any atom is -0.497 e. The maximum atomic E-state index is 13.2. The van der Waals surface area contributed by atoms with Gasteiger partial charge in [-0.2, -0.15) is 0 Å². The Morgan fingerprint density at radius 3 is 2.39 bits per heavy atom. The molecular formula is C21H26ClN3O2S. The van der Waals surface area contributed by atoms with Gasteiger partial charge in [-0.15, -0.1) is 12.4 Å². The minimum absolute atomic E-state index is 0. The SMILES string of the molecule is COc1ccc(C(=O)N(CCN(C)C)c2nc3cc(C)cc(C)c3s2)cc1.Cl. The average Bonchev–Trinajstić information content (AvgIpc) is 3.05. The number of ether oxygens (including phenoxy) is 1. The molecule has 150 valence electrons. The summed E-state index contributed by atoms with van der Waals surface area (Å²) in [7, 11) is 5.62. The molecule has 1 amide bonds. The van der Waals surface area contributed by atoms with Crippen molar-refractivity contribution in [3.8, 4) is 5.75 Å². The van der Waals surface area contributed by atoms with Gasteiger partial charge in [-0.3, -0.25) is 9.69 Å². The smallest absolute Gasteiger partial charge is 0.260 e. The zero-order valence-corrected chi connectivity index (χ0v) is 18.5. The Balaban J connectivity index is 0.00000280. The quantitative estimate of drug-likeness (QED) is 0.587. The molecule has 0 fully saturated rings. The van der Waals surface area contributed by atoms with Crippen molar-refractivity contribution >= 4 is 45.0 Å². The number of fused-ring (bicyclic) bond motifs is 1. The van der Waals surface area contributed by atoms with E-state index in [1.807, 2.05) is 26.2 Å². The fraction of sp³-hybridized carbons (Fsp3) is 0.333. The van der Waals surface area contributed by atoms with Crippen molar-refractivity contribution in [3.63, 3.8) is 0 Å². The maximum absolute atomic E-state index is 13.2. The molecule has 3 aromatic rings. The van der Waals surface area contributed by atoms with Crippen molar-refractivity contribution in [2.75, 3.05) is 39.2 Å². The van der Waals surface area contributed by atoms with Crippen LogP contribution >= 0.6 is 23.7 Å². The monoisotopic (exact) mass is 419 g/mol. The largest absolute Gasteiger partial charge is 0.497 e. The summed E-state index contributed by atoms with van der Waals surface area (Å²) in [6, 6.07) is 11.4. The zero-order valence-electron chi connectivity index (χ0n) is 16.9. The molecule has 0 saturated heterocycles. The molecule has 0 aliphatic carbocycles. The van der Waals surface area contributed by atoms with E-state index in [-0.39, 0.29) is 18.3 Å². The van der Waals surface area contributed by atoms with Gasteiger partial charge >= 0.3 is 0 Å². The Kier molecular flexibility index (Phi) is 7.41. The Morgan fingerprint density at radius 1 is 1.11 bits per heavy atom. The van der Waals surface area contributed by atoms with Gasteiger partial charge in [-0.25, -0.2) is 4.98 Å². The Morgan fingerprint density at radius 2 is 1.79 bits per heavy atom. The van der Waals surface area contributed by atoms with Gasteiger partial charge in [0.2, 0.25) is 0 Å². The van der Waals surface area contributed by atoms with Crippen LogP contribution in [-0.2, 0) is 0 Å². The number of methoxy groups -OCH3 is 1. The predicted octanol–water partition coefficient (Wildman–Crippen LogP) is 4.55. The van der Waals surface area contributed by atoms with Crippen LogP contribution < -0.4 is 9.64 Å². The van der Waals surface area contributed by atoms with Crippen molar-refractivity contribution in [1.29, 1.82) is 0 Å². The first-order chi connectivity index (χ1) is 12.9. The van der Waals surface area contributed by atoms with Gasteiger partial charge in [-0.1, -0.05) is 17.4 Å². The van der Waals surface area contributed by atoms with Gasteiger partial charge in [0.1, 0.15) is 5.75 Å². The van der Waals surface area contributed by atoms with Gasteiger partial charge in [-0.05, 0) is 69.4 Å². The van der Waals surface area contributed by atoms with Crippen LogP contribution in [0, 0.1) is 13.8 Å². The molecule has 0 unspecified atom stereocenters. The number of anilines is 1. The second-order valence-corrected chi connectivity index (χ2v) is 7.89. The number of nitrogens with zero attached hydrogens (tertiary/aromatic N) is 3. The fourth-order valence-corrected chi connectivity index (χ4v) is 3.99. The second-order valence-electron chi connectivity index (χ2n) is 6.92. The summed E-state index contributed by atoms with van der Waals surface area (Å²) >= 11 is 1.57. The highest BCUT2D eigenvalue weighted by atomic mass is 35.5. The summed E-state index contributed by atoms with van der Waals surface area (Å²) in [5.41, 5.74) is 3.95. The molecule has 0 N–H and O–H groups in total. The van der Waals surface area contributed by atoms with Crippen LogP contribution in [0.3, 0.4) is 0 Å². The highest BCUT2D eigenvalue weighted by molar-refractivity contribution is 7.22. The molecule has 0 spiro atoms. The minimum atomic E-state index is -0.0482. The Hall–Kier alpha value is -2.15. The predicted molar refractivity (Wildman–Crippen MR) is 120 cm³/mol. The number of benzene rings is 2. The summed E-state index contributed by atoms with van der Waals surface area (Å²) in [6.07, 6.45) is 0. The lowest BCUT2D eigenvalue weighted by atomic mass is 10.1. The molecule has 0 bridgehead atoms. The van der Waals surface area contributed by atoms with Gasteiger partial charge in [0.25, 0.3) is 5.91 Å². The van der Waals surface area contributed by atoms with E-state index in [4.69, 9.17) is 9.72 Å². The van der Waals surface area contributed by atoms with Crippen molar-refractivity contribution in [3.05, 3.63) is 53.1 Å². The summed E-state index contributed by atoms with van der Waals surface area (Å²) < 4.78 is 6.33. The van der Waals surface area contributed by atoms with E-state index >= 15 is 0 Å². The summed E-state index contributed by atoms with van der Waals surface area (Å²) in [5, 5.41) is 0.737. The number of carbonyl (C=O) groups excluding carboxylic acids is 1. The molecule has 0 atom stereocenters. The number of carbonyl (C=O) groups is 1. The van der Waals surface area contributed by atoms with Crippen molar-refractivity contribution in [1.82, 2.24) is 9.88 Å². The van der Waals surface area contributed by atoms with E-state index in [1.165, 1.54) is 11.1 Å². The molecule has 1 aromatic heterocycles. The van der Waals surface area contributed by atoms with Crippen molar-refractivity contribution in [2.24, 2.45) is 0 Å². The van der Waals surface area contributed by atoms with Crippen LogP contribution in [-0.4, -0.2) is 50.1 Å². The van der Waals surface area contributed by atoms with Crippen LogP contribution in [0.5, 0.6) is 5.75 Å². The number of thiazole rings is 1. The second kappa shape index (κ2) is 9.37. The average molecular weight is 420 g/mol. The topological polar surface area (TPSA) is 45.7 Å². The number of aromatic nitrogens is 1. The fourth-order valence-electron chi connectivity index (χ4n) is 2.95. The first-order valence-corrected chi connectivity index (χ1v) is 9.69. The molecule has 0 aliphatic rings. The van der Waals surface area contributed by atoms with Crippen LogP contribution in [0.2, 0.25) is 0 Å². The standard InChI is InChI=1S/C21H25N3O2S.ClH/c1-14-12-15(2)19-18(13-14)22-21(27-19)24(11-10-23(3)4)20(25)16-6-8-17(26-5)9-7-16;/h6-9,12-13H,10-11H2,1-5H3;1H. The van der Waals surface area contributed by atoms with E-state index in [0.717, 1.165) is 27.6 Å². The van der Waals surface area contributed by atoms with E-state index in [1.54, 1.807) is 35.5 Å². The van der Waals surface area contributed by atoms with Gasteiger partial charge in [0.05, 0.1) is 17.3 Å². The maximum Gasteiger partial charge on any atom is 0.260 e. The third-order valence-corrected chi connectivity index (χ3v) is 5.62. The third kappa shape index (κ3) is 4.82. The molecule has 3 rings (SSSR count). The Bertz CT molecular complexity index is 954. The molecule has 28 heavy (non-hydrogen) atoms. The zero-order chi connectivity index (χ0) is 19.6. The van der Waals surface area contributed by atoms with E-state index < -0.39 is 0 Å². The number of rotatable bonds is 6. The summed E-state index contributed by atoms with van der Waals surface area (Å²) in [6.45, 7) is 5.50. The van der Waals surface area contributed by atoms with Crippen LogP contribution in [0.1, 0.15) is 21.5 Å². The van der Waals surface area contributed by atoms with Crippen LogP contribution in [0.4, 0.5) is 5.13 Å². The number of halogens is 1. The van der Waals surface area contributed by atoms with Crippen LogP contribution in [0.15, 0.2) is 36.4 Å². The number of hydrogen-bond acceptors (Lipinski definition) is 5. The number of hydrogen-bond donors (Lipinski definition) is 0. The normalized spacial score (nSPS) is 10.8. The highest BCUT2D eigenvalue weighted by Crippen LogP contribution is 2.32. The van der Waals surface area contributed by atoms with Crippen molar-refractivity contribution < 1.29 is 9.53 Å². The van der Waals surface area contributed by atoms with Gasteiger partial charge in [0.15, 0.2) is 5.13 Å². The lowest BCUT2D eigenvalue weighted by Gasteiger charge is -2.22. The highest BCUT2D eigenvalue weighted by Gasteiger charge is 2.22. The van der Waals surface area contributed by atoms with Gasteiger partial charge < -0.3 is 9.64 Å². The molecule has 5 nitrogen and oxygen atoms in total. The molecule has 0 saturated carbocycles. The van der Waals surface area contributed by atoms with Crippen molar-refractivity contribution in [2.45, 2.75) is 13.8 Å². The molecule has 7 heteroatoms. The summed E-state index contributed by atoms with van der Waals surface area (Å²) in [4.78, 5) is 21.8. The lowest BCUT2D eigenvalue weighted by molar-refractivity contribution is 0.0985. The molecule has 1 heterocycles. The van der Waals surface area contributed by atoms with Gasteiger partial charge in [0, 0.05) is 18.7 Å². The third-order valence-electron chi connectivity index (χ3n) is 4.39. The summed E-state index contributed by atoms with van der Waals surface area (Å²) in [5.74, 6) is 0.686. The Labute approximate surface area is 176 Å². The molecular weight excluding hydrogens is 394 g/mol.